The Bertz CT molecular complexity index is 237. The number of amides is 1. The van der Waals surface area contributed by atoms with E-state index in [1.54, 1.807) is 0 Å². The number of aliphatic hydroxyl groups excluding tert-OH is 2. The molecule has 0 atom stereocenters. The molecule has 0 rings (SSSR count). The molecule has 0 aromatic rings. The summed E-state index contributed by atoms with van der Waals surface area (Å²) in [7, 11) is 1.43. The average molecular weight is 219 g/mol. The Labute approximate surface area is 88.1 Å². The Kier molecular flexibility index (Phi) is 5.24. The molecule has 3 N–H and O–H groups in total. The molecule has 0 aliphatic rings. The summed E-state index contributed by atoms with van der Waals surface area (Å²) in [5, 5.41) is 26.4. The molecule has 0 saturated heterocycles. The highest BCUT2D eigenvalue weighted by atomic mass is 16.4. The highest BCUT2D eigenvalue weighted by Crippen LogP contribution is 2.13. The molecular formula is C9H17NO5. The number of carbonyl (C=O) groups is 2. The number of aliphatic hydroxyl groups is 2. The van der Waals surface area contributed by atoms with Crippen LogP contribution in [0.1, 0.15) is 19.8 Å². The van der Waals surface area contributed by atoms with Gasteiger partial charge in [-0.15, -0.1) is 0 Å². The van der Waals surface area contributed by atoms with Crippen LogP contribution in [0.5, 0.6) is 0 Å². The Morgan fingerprint density at radius 1 is 1.20 bits per heavy atom. The van der Waals surface area contributed by atoms with Gasteiger partial charge >= 0.3 is 5.97 Å². The maximum atomic E-state index is 11.5. The zero-order valence-corrected chi connectivity index (χ0v) is 8.93. The quantitative estimate of drug-likeness (QED) is 0.535. The third-order valence-corrected chi connectivity index (χ3v) is 2.42. The van der Waals surface area contributed by atoms with E-state index < -0.39 is 17.4 Å². The van der Waals surface area contributed by atoms with Crippen LogP contribution in [0.4, 0.5) is 0 Å². The van der Waals surface area contributed by atoms with Crippen molar-refractivity contribution in [2.45, 2.75) is 25.3 Å². The first kappa shape index (κ1) is 13.9. The van der Waals surface area contributed by atoms with Gasteiger partial charge in [0.1, 0.15) is 0 Å². The van der Waals surface area contributed by atoms with E-state index in [2.05, 4.69) is 0 Å². The third-order valence-electron chi connectivity index (χ3n) is 2.42. The number of hydrogen-bond acceptors (Lipinski definition) is 4. The smallest absolute Gasteiger partial charge is 0.303 e. The molecule has 0 saturated carbocycles. The highest BCUT2D eigenvalue weighted by molar-refractivity contribution is 5.81. The van der Waals surface area contributed by atoms with Crippen LogP contribution in [0, 0.1) is 0 Å². The second-order valence-electron chi connectivity index (χ2n) is 3.66. The van der Waals surface area contributed by atoms with Gasteiger partial charge in [-0.2, -0.15) is 0 Å². The Morgan fingerprint density at radius 2 is 1.67 bits per heavy atom. The predicted octanol–water partition coefficient (Wildman–Crippen LogP) is -0.947. The van der Waals surface area contributed by atoms with Gasteiger partial charge in [-0.25, -0.2) is 0 Å². The van der Waals surface area contributed by atoms with Gasteiger partial charge in [0.2, 0.25) is 5.91 Å². The Morgan fingerprint density at radius 3 is 2.00 bits per heavy atom. The fourth-order valence-corrected chi connectivity index (χ4v) is 0.945. The van der Waals surface area contributed by atoms with Gasteiger partial charge in [0.05, 0.1) is 25.2 Å². The van der Waals surface area contributed by atoms with Crippen LogP contribution in [0.3, 0.4) is 0 Å². The van der Waals surface area contributed by atoms with Crippen LogP contribution in [-0.4, -0.2) is 57.9 Å². The first-order chi connectivity index (χ1) is 6.87. The second-order valence-corrected chi connectivity index (χ2v) is 3.66. The fraction of sp³-hybridized carbons (Fsp3) is 0.778. The van der Waals surface area contributed by atoms with E-state index in [0.29, 0.717) is 0 Å². The molecule has 0 unspecified atom stereocenters. The molecule has 15 heavy (non-hydrogen) atoms. The maximum Gasteiger partial charge on any atom is 0.303 e. The number of aliphatic carboxylic acids is 1. The fourth-order valence-electron chi connectivity index (χ4n) is 0.945. The van der Waals surface area contributed by atoms with Gasteiger partial charge in [0, 0.05) is 13.5 Å². The Hall–Kier alpha value is -1.14. The predicted molar refractivity (Wildman–Crippen MR) is 52.2 cm³/mol. The van der Waals surface area contributed by atoms with E-state index in [0.717, 1.165) is 0 Å². The molecule has 0 radical (unpaired) electrons. The molecule has 6 heteroatoms. The summed E-state index contributed by atoms with van der Waals surface area (Å²) in [5.41, 5.74) is -1.05. The van der Waals surface area contributed by atoms with Crippen molar-refractivity contribution in [1.82, 2.24) is 4.90 Å². The molecule has 0 spiro atoms. The molecule has 88 valence electrons. The number of nitrogens with zero attached hydrogens (tertiary/aromatic N) is 1. The summed E-state index contributed by atoms with van der Waals surface area (Å²) in [5.74, 6) is -1.46. The first-order valence-corrected chi connectivity index (χ1v) is 4.57. The zero-order valence-electron chi connectivity index (χ0n) is 8.93. The van der Waals surface area contributed by atoms with Crippen LogP contribution >= 0.6 is 0 Å². The first-order valence-electron chi connectivity index (χ1n) is 4.57. The molecule has 0 fully saturated rings. The summed E-state index contributed by atoms with van der Waals surface area (Å²) in [4.78, 5) is 22.9. The minimum atomic E-state index is -1.05. The van der Waals surface area contributed by atoms with Gasteiger partial charge in [-0.3, -0.25) is 9.59 Å². The van der Waals surface area contributed by atoms with Gasteiger partial charge in [0.25, 0.3) is 0 Å². The molecule has 0 aliphatic heterocycles. The summed E-state index contributed by atoms with van der Waals surface area (Å²) in [6.07, 6.45) is -0.391. The third kappa shape index (κ3) is 3.85. The van der Waals surface area contributed by atoms with Crippen molar-refractivity contribution in [3.8, 4) is 0 Å². The van der Waals surface area contributed by atoms with E-state index in [-0.39, 0.29) is 26.1 Å². The lowest BCUT2D eigenvalue weighted by Gasteiger charge is -2.35. The molecule has 0 bridgehead atoms. The van der Waals surface area contributed by atoms with E-state index >= 15 is 0 Å². The van der Waals surface area contributed by atoms with E-state index in [4.69, 9.17) is 15.3 Å². The van der Waals surface area contributed by atoms with Crippen molar-refractivity contribution in [3.05, 3.63) is 0 Å². The van der Waals surface area contributed by atoms with E-state index in [1.807, 2.05) is 0 Å². The maximum absolute atomic E-state index is 11.5. The zero-order chi connectivity index (χ0) is 12.1. The van der Waals surface area contributed by atoms with Crippen molar-refractivity contribution in [1.29, 1.82) is 0 Å². The van der Waals surface area contributed by atoms with Crippen LogP contribution in [0.2, 0.25) is 0 Å². The molecular weight excluding hydrogens is 202 g/mol. The normalized spacial score (nSPS) is 11.2. The van der Waals surface area contributed by atoms with Gasteiger partial charge in [0.15, 0.2) is 0 Å². The van der Waals surface area contributed by atoms with Crippen molar-refractivity contribution >= 4 is 11.9 Å². The molecule has 6 nitrogen and oxygen atoms in total. The monoisotopic (exact) mass is 219 g/mol. The second kappa shape index (κ2) is 5.67. The van der Waals surface area contributed by atoms with Gasteiger partial charge in [-0.05, 0) is 6.92 Å². The number of carboxylic acids is 1. The summed E-state index contributed by atoms with van der Waals surface area (Å²) in [6.45, 7) is 0.767. The summed E-state index contributed by atoms with van der Waals surface area (Å²) < 4.78 is 0. The number of hydrogen-bond donors (Lipinski definition) is 3. The van der Waals surface area contributed by atoms with E-state index in [1.165, 1.54) is 18.9 Å². The highest BCUT2D eigenvalue weighted by Gasteiger charge is 2.31. The Balaban J connectivity index is 4.35. The van der Waals surface area contributed by atoms with Crippen LogP contribution in [-0.2, 0) is 9.59 Å². The van der Waals surface area contributed by atoms with Gasteiger partial charge in [-0.1, -0.05) is 0 Å². The van der Waals surface area contributed by atoms with E-state index in [9.17, 15) is 9.59 Å². The molecule has 0 heterocycles. The van der Waals surface area contributed by atoms with Crippen molar-refractivity contribution in [2.75, 3.05) is 20.3 Å². The minimum absolute atomic E-state index is 0.137. The largest absolute Gasteiger partial charge is 0.481 e. The van der Waals surface area contributed by atoms with Crippen LogP contribution in [0.15, 0.2) is 0 Å². The number of carboxylic acid groups (broad SMARTS) is 1. The minimum Gasteiger partial charge on any atom is -0.481 e. The molecule has 0 aromatic heterocycles. The van der Waals surface area contributed by atoms with Gasteiger partial charge < -0.3 is 20.2 Å². The van der Waals surface area contributed by atoms with Crippen molar-refractivity contribution < 1.29 is 24.9 Å². The summed E-state index contributed by atoms with van der Waals surface area (Å²) in [6, 6.07) is 0. The summed E-state index contributed by atoms with van der Waals surface area (Å²) >= 11 is 0. The van der Waals surface area contributed by atoms with Crippen LogP contribution in [0.25, 0.3) is 0 Å². The lowest BCUT2D eigenvalue weighted by molar-refractivity contribution is -0.144. The average Bonchev–Trinajstić information content (AvgIpc) is 2.23. The lowest BCUT2D eigenvalue weighted by Crippen LogP contribution is -2.52. The SMILES string of the molecule is CN(C(=O)CCC(=O)O)C(C)(CO)CO. The number of carbonyl (C=O) groups excluding carboxylic acids is 1. The topological polar surface area (TPSA) is 98.1 Å². The molecule has 1 amide bonds. The van der Waals surface area contributed by atoms with Crippen molar-refractivity contribution in [2.24, 2.45) is 0 Å². The molecule has 0 aliphatic carbocycles. The number of rotatable bonds is 6. The lowest BCUT2D eigenvalue weighted by atomic mass is 10.0. The molecule has 0 aromatic carbocycles. The van der Waals surface area contributed by atoms with Crippen molar-refractivity contribution in [3.63, 3.8) is 0 Å². The standard InChI is InChI=1S/C9H17NO5/c1-9(5-11,6-12)10(2)7(13)3-4-8(14)15/h11-12H,3-6H2,1-2H3,(H,14,15). The number of likely N-dealkylation sites (N-methyl/N-ethyl adjacent to an activating group) is 1. The van der Waals surface area contributed by atoms with Crippen LogP contribution < -0.4 is 0 Å².